The zero-order valence-corrected chi connectivity index (χ0v) is 15.4. The first-order valence-corrected chi connectivity index (χ1v) is 9.15. The van der Waals surface area contributed by atoms with Crippen molar-refractivity contribution >= 4 is 28.3 Å². The van der Waals surface area contributed by atoms with Gasteiger partial charge in [0.1, 0.15) is 16.6 Å². The second-order valence-electron chi connectivity index (χ2n) is 5.67. The van der Waals surface area contributed by atoms with Crippen molar-refractivity contribution < 1.29 is 4.92 Å². The van der Waals surface area contributed by atoms with Gasteiger partial charge in [-0.15, -0.1) is 11.3 Å². The maximum Gasteiger partial charge on any atom is 0.270 e. The molecule has 0 aliphatic rings. The second-order valence-corrected chi connectivity index (χ2v) is 6.53. The normalized spacial score (nSPS) is 11.0. The Balaban J connectivity index is 1.86. The van der Waals surface area contributed by atoms with E-state index in [0.29, 0.717) is 21.8 Å². The summed E-state index contributed by atoms with van der Waals surface area (Å²) in [6.45, 7) is 2.07. The number of non-ortho nitro benzene ring substituents is 1. The average Bonchev–Trinajstić information content (AvgIpc) is 3.19. The number of nitrogens with zero attached hydrogens (tertiary/aromatic N) is 3. The third-order valence-corrected chi connectivity index (χ3v) is 4.85. The minimum absolute atomic E-state index is 0.0101. The number of nitro benzene ring substituents is 1. The number of thiazole rings is 1. The van der Waals surface area contributed by atoms with Crippen LogP contribution in [0.25, 0.3) is 16.8 Å². The Bertz CT molecular complexity index is 1050. The quantitative estimate of drug-likeness (QED) is 0.360. The molecule has 0 aliphatic heterocycles. The molecule has 0 atom stereocenters. The summed E-state index contributed by atoms with van der Waals surface area (Å²) in [7, 11) is 0. The number of hydrogen-bond acceptors (Lipinski definition) is 6. The van der Waals surface area contributed by atoms with Crippen molar-refractivity contribution in [1.29, 1.82) is 5.26 Å². The highest BCUT2D eigenvalue weighted by atomic mass is 32.1. The summed E-state index contributed by atoms with van der Waals surface area (Å²) in [5.74, 6) is 0. The number of aromatic nitrogens is 1. The van der Waals surface area contributed by atoms with E-state index in [0.717, 1.165) is 17.7 Å². The van der Waals surface area contributed by atoms with Crippen molar-refractivity contribution in [2.75, 3.05) is 5.32 Å². The maximum atomic E-state index is 10.9. The zero-order valence-electron chi connectivity index (χ0n) is 14.5. The van der Waals surface area contributed by atoms with E-state index in [1.54, 1.807) is 23.7 Å². The van der Waals surface area contributed by atoms with E-state index in [9.17, 15) is 15.4 Å². The lowest BCUT2D eigenvalue weighted by atomic mass is 10.1. The van der Waals surface area contributed by atoms with Crippen molar-refractivity contribution in [1.82, 2.24) is 4.98 Å². The highest BCUT2D eigenvalue weighted by Gasteiger charge is 2.12. The van der Waals surface area contributed by atoms with E-state index in [2.05, 4.69) is 23.3 Å². The van der Waals surface area contributed by atoms with Crippen LogP contribution in [0.5, 0.6) is 0 Å². The van der Waals surface area contributed by atoms with E-state index in [-0.39, 0.29) is 5.69 Å². The molecule has 0 amide bonds. The van der Waals surface area contributed by atoms with Crippen LogP contribution in [0, 0.1) is 21.4 Å². The van der Waals surface area contributed by atoms with Crippen molar-refractivity contribution in [3.8, 4) is 17.3 Å². The number of allylic oxidation sites excluding steroid dienone is 1. The average molecular weight is 376 g/mol. The number of rotatable bonds is 6. The predicted octanol–water partition coefficient (Wildman–Crippen LogP) is 5.26. The molecule has 0 saturated heterocycles. The lowest BCUT2D eigenvalue weighted by Crippen LogP contribution is -1.95. The summed E-state index contributed by atoms with van der Waals surface area (Å²) < 4.78 is 0. The monoisotopic (exact) mass is 376 g/mol. The van der Waals surface area contributed by atoms with Gasteiger partial charge in [-0.2, -0.15) is 5.26 Å². The molecule has 0 bridgehead atoms. The van der Waals surface area contributed by atoms with Crippen LogP contribution < -0.4 is 5.32 Å². The van der Waals surface area contributed by atoms with E-state index < -0.39 is 4.92 Å². The smallest absolute Gasteiger partial charge is 0.270 e. The van der Waals surface area contributed by atoms with E-state index in [4.69, 9.17) is 0 Å². The van der Waals surface area contributed by atoms with Gasteiger partial charge in [-0.1, -0.05) is 37.3 Å². The lowest BCUT2D eigenvalue weighted by Gasteiger charge is -2.07. The summed E-state index contributed by atoms with van der Waals surface area (Å²) in [5, 5.41) is 26.0. The number of para-hydroxylation sites is 1. The molecule has 1 N–H and O–H groups in total. The van der Waals surface area contributed by atoms with Crippen LogP contribution in [0.2, 0.25) is 0 Å². The van der Waals surface area contributed by atoms with Crippen molar-refractivity contribution in [3.05, 3.63) is 80.8 Å². The predicted molar refractivity (Wildman–Crippen MR) is 107 cm³/mol. The molecule has 6 nitrogen and oxygen atoms in total. The van der Waals surface area contributed by atoms with Gasteiger partial charge in [-0.25, -0.2) is 4.98 Å². The maximum absolute atomic E-state index is 10.9. The Labute approximate surface area is 160 Å². The highest BCUT2D eigenvalue weighted by Crippen LogP contribution is 2.28. The summed E-state index contributed by atoms with van der Waals surface area (Å²) in [4.78, 5) is 15.0. The van der Waals surface area contributed by atoms with Gasteiger partial charge in [0, 0.05) is 35.0 Å². The summed E-state index contributed by atoms with van der Waals surface area (Å²) in [5.41, 5.74) is 3.77. The first-order chi connectivity index (χ1) is 13.1. The number of nitriles is 1. The molecule has 2 aromatic carbocycles. The molecule has 0 unspecified atom stereocenters. The Morgan fingerprint density at radius 2 is 2.15 bits per heavy atom. The number of anilines is 1. The first-order valence-electron chi connectivity index (χ1n) is 8.27. The highest BCUT2D eigenvalue weighted by molar-refractivity contribution is 7.11. The minimum atomic E-state index is -0.438. The number of hydrogen-bond donors (Lipinski definition) is 1. The standard InChI is InChI=1S/C20H16N4O2S/c1-2-14-6-3-4-9-18(14)22-12-16(11-21)20-23-19(13-27-20)15-7-5-8-17(10-15)24(25)26/h3-10,12-13,22H,2H2,1H3. The Kier molecular flexibility index (Phi) is 5.59. The van der Waals surface area contributed by atoms with Crippen LogP contribution in [0.4, 0.5) is 11.4 Å². The van der Waals surface area contributed by atoms with Crippen LogP contribution in [-0.4, -0.2) is 9.91 Å². The molecule has 0 aliphatic carbocycles. The fraction of sp³-hybridized carbons (Fsp3) is 0.100. The molecule has 0 spiro atoms. The minimum Gasteiger partial charge on any atom is -0.360 e. The molecule has 1 heterocycles. The van der Waals surface area contributed by atoms with Crippen molar-refractivity contribution in [2.45, 2.75) is 13.3 Å². The molecule has 0 radical (unpaired) electrons. The van der Waals surface area contributed by atoms with E-state index >= 15 is 0 Å². The van der Waals surface area contributed by atoms with Gasteiger partial charge in [-0.3, -0.25) is 10.1 Å². The molecule has 0 saturated carbocycles. The molecular weight excluding hydrogens is 360 g/mol. The largest absolute Gasteiger partial charge is 0.360 e. The van der Waals surface area contributed by atoms with Gasteiger partial charge in [0.25, 0.3) is 5.69 Å². The SMILES string of the molecule is CCc1ccccc1NC=C(C#N)c1nc(-c2cccc([N+](=O)[O-])c2)cs1. The van der Waals surface area contributed by atoms with Gasteiger partial charge in [0.05, 0.1) is 10.6 Å². The van der Waals surface area contributed by atoms with Crippen molar-refractivity contribution in [3.63, 3.8) is 0 Å². The van der Waals surface area contributed by atoms with Crippen molar-refractivity contribution in [2.24, 2.45) is 0 Å². The number of nitrogens with one attached hydrogen (secondary N) is 1. The summed E-state index contributed by atoms with van der Waals surface area (Å²) in [6, 6.07) is 16.4. The molecular formula is C20H16N4O2S. The lowest BCUT2D eigenvalue weighted by molar-refractivity contribution is -0.384. The number of benzene rings is 2. The van der Waals surface area contributed by atoms with Crippen LogP contribution in [0.3, 0.4) is 0 Å². The fourth-order valence-corrected chi connectivity index (χ4v) is 3.36. The van der Waals surface area contributed by atoms with E-state index in [1.807, 2.05) is 24.3 Å². The molecule has 134 valence electrons. The fourth-order valence-electron chi connectivity index (χ4n) is 2.57. The van der Waals surface area contributed by atoms with Gasteiger partial charge >= 0.3 is 0 Å². The molecule has 0 fully saturated rings. The van der Waals surface area contributed by atoms with Gasteiger partial charge in [0.2, 0.25) is 0 Å². The molecule has 3 rings (SSSR count). The van der Waals surface area contributed by atoms with Crippen LogP contribution in [0.1, 0.15) is 17.5 Å². The van der Waals surface area contributed by atoms with Crippen LogP contribution in [0.15, 0.2) is 60.1 Å². The summed E-state index contributed by atoms with van der Waals surface area (Å²) in [6.07, 6.45) is 2.53. The number of nitro groups is 1. The number of aryl methyl sites for hydroxylation is 1. The third-order valence-electron chi connectivity index (χ3n) is 3.98. The Morgan fingerprint density at radius 3 is 2.89 bits per heavy atom. The topological polar surface area (TPSA) is 91.8 Å². The molecule has 3 aromatic rings. The molecule has 1 aromatic heterocycles. The second kappa shape index (κ2) is 8.25. The first kappa shape index (κ1) is 18.3. The third kappa shape index (κ3) is 4.19. The molecule has 27 heavy (non-hydrogen) atoms. The van der Waals surface area contributed by atoms with Gasteiger partial charge in [0.15, 0.2) is 0 Å². The molecule has 7 heteroatoms. The van der Waals surface area contributed by atoms with Crippen LogP contribution >= 0.6 is 11.3 Å². The van der Waals surface area contributed by atoms with Gasteiger partial charge in [-0.05, 0) is 18.1 Å². The van der Waals surface area contributed by atoms with Crippen LogP contribution in [-0.2, 0) is 6.42 Å². The summed E-state index contributed by atoms with van der Waals surface area (Å²) >= 11 is 1.32. The Hall–Kier alpha value is -3.50. The Morgan fingerprint density at radius 1 is 1.33 bits per heavy atom. The zero-order chi connectivity index (χ0) is 19.2. The van der Waals surface area contributed by atoms with E-state index in [1.165, 1.54) is 23.5 Å². The van der Waals surface area contributed by atoms with Gasteiger partial charge < -0.3 is 5.32 Å².